The Morgan fingerprint density at radius 3 is 0.618 bits per heavy atom. The zero-order valence-electron chi connectivity index (χ0n) is 24.7. The van der Waals surface area contributed by atoms with E-state index in [-0.39, 0.29) is 0 Å². The van der Waals surface area contributed by atoms with Crippen LogP contribution in [0, 0.1) is 0 Å². The second kappa shape index (κ2) is 31.8. The Bertz CT molecular complexity index is 287. The molecule has 0 aromatic rings. The molecule has 0 N–H and O–H groups in total. The molecule has 0 atom stereocenters. The van der Waals surface area contributed by atoms with E-state index < -0.39 is 19.8 Å². The zero-order valence-corrected chi connectivity index (χ0v) is 27.6. The second-order valence-electron chi connectivity index (χ2n) is 11.5. The monoisotopic (exact) mass is 585 g/mol. The molecule has 0 fully saturated rings. The molecule has 0 aliphatic carbocycles. The summed E-state index contributed by atoms with van der Waals surface area (Å²) >= 11 is -1.08. The molecule has 0 nitrogen and oxygen atoms in total. The summed E-state index contributed by atoms with van der Waals surface area (Å²) in [7, 11) is 0. The van der Waals surface area contributed by atoms with Gasteiger partial charge in [0.1, 0.15) is 0 Å². The van der Waals surface area contributed by atoms with Crippen LogP contribution in [0.2, 0.25) is 13.3 Å². The van der Waals surface area contributed by atoms with Crippen LogP contribution < -0.4 is 0 Å². The number of rotatable bonds is 30. The van der Waals surface area contributed by atoms with Gasteiger partial charge in [0.05, 0.1) is 0 Å². The van der Waals surface area contributed by atoms with Crippen molar-refractivity contribution in [3.8, 4) is 0 Å². The quantitative estimate of drug-likeness (QED) is 0.0582. The van der Waals surface area contributed by atoms with E-state index in [2.05, 4.69) is 20.8 Å². The molecule has 34 heavy (non-hydrogen) atoms. The fraction of sp³-hybridized carbons (Fsp3) is 1.00. The van der Waals surface area contributed by atoms with Gasteiger partial charge in [-0.05, 0) is 0 Å². The van der Waals surface area contributed by atoms with E-state index in [0.717, 1.165) is 0 Å². The van der Waals surface area contributed by atoms with E-state index in [1.54, 1.807) is 51.8 Å². The molecule has 0 rings (SSSR count). The van der Waals surface area contributed by atoms with E-state index in [4.69, 9.17) is 0 Å². The van der Waals surface area contributed by atoms with Crippen LogP contribution in [0.15, 0.2) is 0 Å². The van der Waals surface area contributed by atoms with Gasteiger partial charge in [0.15, 0.2) is 0 Å². The first-order valence-corrected chi connectivity index (χ1v) is 22.7. The van der Waals surface area contributed by atoms with Crippen LogP contribution in [-0.2, 0) is 0 Å². The molecule has 204 valence electrons. The molecule has 0 heterocycles. The molecule has 0 bridgehead atoms. The molecule has 0 aromatic heterocycles. The molecule has 0 saturated carbocycles. The molecule has 0 aliphatic heterocycles. The maximum atomic E-state index is 2.32. The van der Waals surface area contributed by atoms with E-state index in [9.17, 15) is 0 Å². The molecule has 0 spiro atoms. The van der Waals surface area contributed by atoms with Crippen LogP contribution >= 0.6 is 0 Å². The fourth-order valence-corrected chi connectivity index (χ4v) is 14.0. The molecule has 0 aromatic carbocycles. The standard InChI is InChI=1S/3C11H23.Sn/c3*1-3-5-7-9-11-10-8-6-4-2;/h3*1,3-11H2,2H3;/q;;;+1. The van der Waals surface area contributed by atoms with Gasteiger partial charge in [0, 0.05) is 0 Å². The van der Waals surface area contributed by atoms with Crippen molar-refractivity contribution in [1.82, 2.24) is 0 Å². The molecular weight excluding hydrogens is 515 g/mol. The van der Waals surface area contributed by atoms with Gasteiger partial charge in [0.25, 0.3) is 0 Å². The van der Waals surface area contributed by atoms with E-state index in [1.165, 1.54) is 135 Å². The molecule has 0 amide bonds. The van der Waals surface area contributed by atoms with Gasteiger partial charge in [-0.1, -0.05) is 0 Å². The van der Waals surface area contributed by atoms with Crippen LogP contribution in [0.1, 0.15) is 194 Å². The third-order valence-corrected chi connectivity index (χ3v) is 17.0. The van der Waals surface area contributed by atoms with Gasteiger partial charge < -0.3 is 0 Å². The first kappa shape index (κ1) is 34.8. The van der Waals surface area contributed by atoms with Gasteiger partial charge in [0.2, 0.25) is 0 Å². The summed E-state index contributed by atoms with van der Waals surface area (Å²) in [5, 5.41) is 0. The molecular formula is C33H69Sn+. The third kappa shape index (κ3) is 29.0. The van der Waals surface area contributed by atoms with Crippen molar-refractivity contribution in [2.45, 2.75) is 207 Å². The Balaban J connectivity index is 3.85. The number of hydrogen-bond acceptors (Lipinski definition) is 0. The number of hydrogen-bond donors (Lipinski definition) is 0. The summed E-state index contributed by atoms with van der Waals surface area (Å²) in [5.41, 5.74) is 0. The van der Waals surface area contributed by atoms with Crippen molar-refractivity contribution in [2.24, 2.45) is 0 Å². The van der Waals surface area contributed by atoms with Crippen molar-refractivity contribution in [3.05, 3.63) is 0 Å². The van der Waals surface area contributed by atoms with Gasteiger partial charge >= 0.3 is 227 Å². The minimum absolute atomic E-state index is 1.08. The topological polar surface area (TPSA) is 0 Å². The summed E-state index contributed by atoms with van der Waals surface area (Å²) in [6, 6.07) is 0. The van der Waals surface area contributed by atoms with Crippen LogP contribution in [0.3, 0.4) is 0 Å². The Kier molecular flexibility index (Phi) is 32.6. The molecule has 0 saturated heterocycles. The van der Waals surface area contributed by atoms with E-state index in [1.807, 2.05) is 0 Å². The van der Waals surface area contributed by atoms with Gasteiger partial charge in [-0.25, -0.2) is 0 Å². The zero-order chi connectivity index (χ0) is 24.8. The van der Waals surface area contributed by atoms with Crippen molar-refractivity contribution in [1.29, 1.82) is 0 Å². The van der Waals surface area contributed by atoms with Crippen LogP contribution in [-0.4, -0.2) is 19.8 Å². The van der Waals surface area contributed by atoms with Crippen LogP contribution in [0.25, 0.3) is 0 Å². The molecule has 0 aliphatic rings. The van der Waals surface area contributed by atoms with Gasteiger partial charge in [-0.15, -0.1) is 0 Å². The first-order valence-electron chi connectivity index (χ1n) is 16.7. The van der Waals surface area contributed by atoms with Crippen molar-refractivity contribution >= 4 is 19.8 Å². The summed E-state index contributed by atoms with van der Waals surface area (Å²) in [6.07, 6.45) is 40.5. The average Bonchev–Trinajstić information content (AvgIpc) is 2.85. The molecule has 0 radical (unpaired) electrons. The predicted molar refractivity (Wildman–Crippen MR) is 162 cm³/mol. The Morgan fingerprint density at radius 2 is 0.412 bits per heavy atom. The Labute approximate surface area is 226 Å². The predicted octanol–water partition coefficient (Wildman–Crippen LogP) is 13.1. The molecule has 0 unspecified atom stereocenters. The Morgan fingerprint density at radius 1 is 0.235 bits per heavy atom. The summed E-state index contributed by atoms with van der Waals surface area (Å²) in [6.45, 7) is 6.97. The van der Waals surface area contributed by atoms with Crippen molar-refractivity contribution < 1.29 is 0 Å². The van der Waals surface area contributed by atoms with Crippen LogP contribution in [0.4, 0.5) is 0 Å². The Hall–Kier alpha value is 0.799. The maximum absolute atomic E-state index is 2.32. The van der Waals surface area contributed by atoms with Crippen LogP contribution in [0.5, 0.6) is 0 Å². The summed E-state index contributed by atoms with van der Waals surface area (Å²) in [4.78, 5) is 0. The average molecular weight is 585 g/mol. The number of unbranched alkanes of at least 4 members (excludes halogenated alkanes) is 24. The first-order chi connectivity index (χ1) is 16.8. The van der Waals surface area contributed by atoms with E-state index >= 15 is 0 Å². The minimum atomic E-state index is -1.08. The van der Waals surface area contributed by atoms with Crippen molar-refractivity contribution in [3.63, 3.8) is 0 Å². The van der Waals surface area contributed by atoms with Gasteiger partial charge in [-0.3, -0.25) is 0 Å². The summed E-state index contributed by atoms with van der Waals surface area (Å²) in [5.74, 6) is 0. The van der Waals surface area contributed by atoms with E-state index in [0.29, 0.717) is 0 Å². The second-order valence-corrected chi connectivity index (χ2v) is 20.0. The fourth-order valence-electron chi connectivity index (χ4n) is 5.43. The summed E-state index contributed by atoms with van der Waals surface area (Å²) < 4.78 is 5.18. The van der Waals surface area contributed by atoms with Crippen molar-refractivity contribution in [2.75, 3.05) is 0 Å². The SMILES string of the molecule is CCCCCCCCCC[CH2][Sn+]([CH2]CCCCCCCCCC)[CH2]CCCCCCCCCC. The third-order valence-electron chi connectivity index (χ3n) is 7.90. The molecule has 1 heteroatoms. The normalized spacial score (nSPS) is 11.4. The van der Waals surface area contributed by atoms with Gasteiger partial charge in [-0.2, -0.15) is 0 Å².